The number of likely N-dealkylation sites (N-methyl/N-ethyl adjacent to an activating group) is 3. The largest absolute Gasteiger partial charge is 0.390 e. The Kier molecular flexibility index (Phi) is 14.2. The van der Waals surface area contributed by atoms with Crippen molar-refractivity contribution in [1.29, 1.82) is 0 Å². The highest BCUT2D eigenvalue weighted by molar-refractivity contribution is 8.08. The molecule has 0 aliphatic carbocycles. The van der Waals surface area contributed by atoms with E-state index in [1.54, 1.807) is 11.8 Å². The molecular formula is C23H49N5OS5. The lowest BCUT2D eigenvalue weighted by molar-refractivity contribution is 0.0569. The number of hydrogen-bond donors (Lipinski definition) is 5. The van der Waals surface area contributed by atoms with Gasteiger partial charge in [-0.3, -0.25) is 9.80 Å². The molecule has 0 saturated carbocycles. The summed E-state index contributed by atoms with van der Waals surface area (Å²) in [7, 11) is 0. The van der Waals surface area contributed by atoms with Crippen LogP contribution in [0.1, 0.15) is 20.8 Å². The first kappa shape index (κ1) is 31.7. The molecule has 0 aromatic rings. The van der Waals surface area contributed by atoms with Gasteiger partial charge in [-0.15, -0.1) is 0 Å². The van der Waals surface area contributed by atoms with Crippen LogP contribution in [0.4, 0.5) is 0 Å². The first-order valence-corrected chi connectivity index (χ1v) is 15.8. The van der Waals surface area contributed by atoms with Gasteiger partial charge in [-0.05, 0) is 25.9 Å². The Labute approximate surface area is 235 Å². The van der Waals surface area contributed by atoms with Crippen molar-refractivity contribution in [2.45, 2.75) is 40.3 Å². The molecule has 6 nitrogen and oxygen atoms in total. The van der Waals surface area contributed by atoms with Crippen molar-refractivity contribution >= 4 is 62.3 Å². The standard InChI is InChI=1S/C23H49N5OS5/c1-5-24-8-10-25(6-2)12-14-27(15-13-26(7-3)11-9-24)16-20(29)17-28-18-22(30,31)21(34-4)23(32,33)19-28/h20-21,29-33H,5-19H2,1-4H3. The van der Waals surface area contributed by atoms with Crippen LogP contribution in [0.25, 0.3) is 0 Å². The second-order valence-corrected chi connectivity index (χ2v) is 14.6. The molecule has 2 fully saturated rings. The van der Waals surface area contributed by atoms with Gasteiger partial charge in [-0.25, -0.2) is 0 Å². The van der Waals surface area contributed by atoms with Crippen LogP contribution in [0.15, 0.2) is 0 Å². The third-order valence-electron chi connectivity index (χ3n) is 7.20. The number of β-amino-alcohol motifs (C(OH)–C–C–N with tert-alkyl or cyclic N) is 1. The molecule has 2 heterocycles. The normalized spacial score (nSPS) is 26.7. The number of aliphatic hydroxyl groups excluding tert-OH is 1. The van der Waals surface area contributed by atoms with E-state index >= 15 is 0 Å². The minimum absolute atomic E-state index is 0.102. The quantitative estimate of drug-likeness (QED) is 0.225. The maximum atomic E-state index is 11.1. The van der Waals surface area contributed by atoms with Gasteiger partial charge in [0.05, 0.1) is 19.5 Å². The van der Waals surface area contributed by atoms with Gasteiger partial charge in [0.15, 0.2) is 0 Å². The Morgan fingerprint density at radius 1 is 0.676 bits per heavy atom. The van der Waals surface area contributed by atoms with Crippen molar-refractivity contribution < 1.29 is 5.11 Å². The first-order chi connectivity index (χ1) is 16.0. The number of rotatable bonds is 8. The number of likely N-dealkylation sites (tertiary alicyclic amines) is 1. The summed E-state index contributed by atoms with van der Waals surface area (Å²) in [5, 5.41) is 11.2. The fourth-order valence-corrected chi connectivity index (χ4v) is 9.38. The molecule has 0 aromatic carbocycles. The van der Waals surface area contributed by atoms with Crippen LogP contribution in [0.3, 0.4) is 0 Å². The van der Waals surface area contributed by atoms with Gasteiger partial charge < -0.3 is 19.8 Å². The summed E-state index contributed by atoms with van der Waals surface area (Å²) in [5.41, 5.74) is 0. The molecule has 2 rings (SSSR count). The Morgan fingerprint density at radius 2 is 1.00 bits per heavy atom. The minimum Gasteiger partial charge on any atom is -0.390 e. The molecule has 1 atom stereocenters. The zero-order valence-corrected chi connectivity index (χ0v) is 26.0. The van der Waals surface area contributed by atoms with E-state index in [9.17, 15) is 5.11 Å². The van der Waals surface area contributed by atoms with Crippen molar-refractivity contribution in [3.05, 3.63) is 0 Å². The van der Waals surface area contributed by atoms with Crippen LogP contribution in [0, 0.1) is 0 Å². The maximum Gasteiger partial charge on any atom is 0.0818 e. The van der Waals surface area contributed by atoms with Gasteiger partial charge in [-0.2, -0.15) is 62.3 Å². The van der Waals surface area contributed by atoms with E-state index in [4.69, 9.17) is 50.5 Å². The van der Waals surface area contributed by atoms with Gasteiger partial charge in [0, 0.05) is 78.5 Å². The highest BCUT2D eigenvalue weighted by atomic mass is 32.2. The van der Waals surface area contributed by atoms with Crippen molar-refractivity contribution in [1.82, 2.24) is 24.5 Å². The Morgan fingerprint density at radius 3 is 1.32 bits per heavy atom. The lowest BCUT2D eigenvalue weighted by Gasteiger charge is -2.50. The topological polar surface area (TPSA) is 36.4 Å². The summed E-state index contributed by atoms with van der Waals surface area (Å²) in [6.07, 6.45) is 1.63. The average Bonchev–Trinajstić information content (AvgIpc) is 2.74. The highest BCUT2D eigenvalue weighted by Gasteiger charge is 2.49. The lowest BCUT2D eigenvalue weighted by atomic mass is 10.1. The molecule has 0 amide bonds. The van der Waals surface area contributed by atoms with E-state index in [-0.39, 0.29) is 5.25 Å². The SMILES string of the molecule is CCN1CCN(CC)CCN(CC(O)CN2CC(S)(S)C(SC)C(S)(S)C2)CCN(CC)CC1. The minimum atomic E-state index is -0.510. The summed E-state index contributed by atoms with van der Waals surface area (Å²) in [5.74, 6) is 0. The van der Waals surface area contributed by atoms with Crippen LogP contribution >= 0.6 is 62.3 Å². The zero-order chi connectivity index (χ0) is 25.4. The van der Waals surface area contributed by atoms with E-state index in [1.165, 1.54) is 0 Å². The lowest BCUT2D eigenvalue weighted by Crippen LogP contribution is -2.61. The molecule has 2 aliphatic heterocycles. The fourth-order valence-electron chi connectivity index (χ4n) is 5.12. The van der Waals surface area contributed by atoms with Crippen molar-refractivity contribution in [2.75, 3.05) is 104 Å². The van der Waals surface area contributed by atoms with E-state index in [0.29, 0.717) is 26.2 Å². The molecular weight excluding hydrogens is 523 g/mol. The molecule has 0 spiro atoms. The number of aliphatic hydroxyl groups is 1. The van der Waals surface area contributed by atoms with Gasteiger partial charge in [0.1, 0.15) is 0 Å². The molecule has 11 heteroatoms. The van der Waals surface area contributed by atoms with Crippen LogP contribution in [0.2, 0.25) is 0 Å². The molecule has 0 radical (unpaired) electrons. The average molecular weight is 572 g/mol. The first-order valence-electron chi connectivity index (χ1n) is 12.8. The van der Waals surface area contributed by atoms with Crippen LogP contribution in [-0.2, 0) is 0 Å². The summed E-state index contributed by atoms with van der Waals surface area (Å²) in [6.45, 7) is 21.2. The molecule has 34 heavy (non-hydrogen) atoms. The summed E-state index contributed by atoms with van der Waals surface area (Å²) < 4.78 is -1.02. The van der Waals surface area contributed by atoms with Crippen LogP contribution < -0.4 is 0 Å². The third kappa shape index (κ3) is 10.0. The Hall–Kier alpha value is 1.51. The Balaban J connectivity index is 1.99. The molecule has 0 bridgehead atoms. The van der Waals surface area contributed by atoms with E-state index < -0.39 is 14.3 Å². The number of piperidine rings is 1. The van der Waals surface area contributed by atoms with Crippen molar-refractivity contribution in [3.63, 3.8) is 0 Å². The van der Waals surface area contributed by atoms with Gasteiger partial charge in [0.2, 0.25) is 0 Å². The zero-order valence-electron chi connectivity index (χ0n) is 21.6. The predicted octanol–water partition coefficient (Wildman–Crippen LogP) is 1.79. The monoisotopic (exact) mass is 571 g/mol. The van der Waals surface area contributed by atoms with Crippen LogP contribution in [-0.4, -0.2) is 154 Å². The molecule has 202 valence electrons. The number of nitrogens with zero attached hydrogens (tertiary/aromatic N) is 5. The van der Waals surface area contributed by atoms with Crippen molar-refractivity contribution in [2.24, 2.45) is 0 Å². The summed E-state index contributed by atoms with van der Waals surface area (Å²) in [6, 6.07) is 0. The Bertz CT molecular complexity index is 550. The highest BCUT2D eigenvalue weighted by Crippen LogP contribution is 2.47. The third-order valence-corrected chi connectivity index (χ3v) is 10.8. The fraction of sp³-hybridized carbons (Fsp3) is 1.00. The number of hydrogen-bond acceptors (Lipinski definition) is 11. The molecule has 2 saturated heterocycles. The van der Waals surface area contributed by atoms with E-state index in [1.807, 2.05) is 0 Å². The second kappa shape index (κ2) is 15.2. The van der Waals surface area contributed by atoms with Crippen molar-refractivity contribution in [3.8, 4) is 0 Å². The molecule has 2 aliphatic rings. The summed E-state index contributed by atoms with van der Waals surface area (Å²) >= 11 is 21.1. The predicted molar refractivity (Wildman–Crippen MR) is 164 cm³/mol. The van der Waals surface area contributed by atoms with Gasteiger partial charge >= 0.3 is 0 Å². The second-order valence-electron chi connectivity index (χ2n) is 9.80. The molecule has 1 unspecified atom stereocenters. The molecule has 1 N–H and O–H groups in total. The maximum absolute atomic E-state index is 11.1. The van der Waals surface area contributed by atoms with E-state index in [2.05, 4.69) is 51.5 Å². The number of thioether (sulfide) groups is 1. The van der Waals surface area contributed by atoms with E-state index in [0.717, 1.165) is 72.0 Å². The van der Waals surface area contributed by atoms with Gasteiger partial charge in [0.25, 0.3) is 0 Å². The smallest absolute Gasteiger partial charge is 0.0818 e. The van der Waals surface area contributed by atoms with Gasteiger partial charge in [-0.1, -0.05) is 20.8 Å². The summed E-state index contributed by atoms with van der Waals surface area (Å²) in [4.78, 5) is 12.3. The number of thiol groups is 4. The van der Waals surface area contributed by atoms with Crippen LogP contribution in [0.5, 0.6) is 0 Å². The molecule has 0 aromatic heterocycles.